The molecule has 0 bridgehead atoms. The average molecular weight is 336 g/mol. The minimum Gasteiger partial charge on any atom is -0.363 e. The topological polar surface area (TPSA) is 45.4 Å². The van der Waals surface area contributed by atoms with Gasteiger partial charge in [0.1, 0.15) is 6.26 Å². The second-order valence-corrected chi connectivity index (χ2v) is 6.03. The molecule has 1 aromatic carbocycles. The predicted molar refractivity (Wildman–Crippen MR) is 84.0 cm³/mol. The lowest BCUT2D eigenvalue weighted by atomic mass is 10.1. The van der Waals surface area contributed by atoms with Gasteiger partial charge in [0.05, 0.1) is 16.5 Å². The van der Waals surface area contributed by atoms with Crippen LogP contribution < -0.4 is 4.90 Å². The first-order chi connectivity index (χ1) is 11.4. The Kier molecular flexibility index (Phi) is 3.38. The Balaban J connectivity index is 1.90. The van der Waals surface area contributed by atoms with Crippen LogP contribution in [0.15, 0.2) is 29.0 Å². The van der Waals surface area contributed by atoms with Crippen molar-refractivity contribution in [1.29, 1.82) is 0 Å². The molecule has 0 spiro atoms. The van der Waals surface area contributed by atoms with Crippen LogP contribution in [0, 0.1) is 0 Å². The summed E-state index contributed by atoms with van der Waals surface area (Å²) in [6.45, 7) is 3.22. The number of fused-ring (bicyclic) bond motifs is 3. The van der Waals surface area contributed by atoms with Crippen molar-refractivity contribution in [1.82, 2.24) is 15.0 Å². The van der Waals surface area contributed by atoms with E-state index in [9.17, 15) is 13.2 Å². The Morgan fingerprint density at radius 3 is 2.54 bits per heavy atom. The largest absolute Gasteiger partial charge is 0.416 e. The maximum Gasteiger partial charge on any atom is 0.416 e. The fourth-order valence-corrected chi connectivity index (χ4v) is 3.02. The number of hydrogen-bond donors (Lipinski definition) is 0. The molecular weight excluding hydrogens is 321 g/mol. The molecule has 0 unspecified atom stereocenters. The molecule has 3 aromatic rings. The second-order valence-electron chi connectivity index (χ2n) is 6.03. The van der Waals surface area contributed by atoms with Crippen LogP contribution >= 0.6 is 0 Å². The van der Waals surface area contributed by atoms with Crippen LogP contribution in [0.2, 0.25) is 0 Å². The van der Waals surface area contributed by atoms with E-state index in [0.29, 0.717) is 27.6 Å². The predicted octanol–water partition coefficient (Wildman–Crippen LogP) is 3.15. The highest BCUT2D eigenvalue weighted by molar-refractivity contribution is 6.08. The van der Waals surface area contributed by atoms with Crippen LogP contribution in [0.25, 0.3) is 21.8 Å². The SMILES string of the molecule is CN1CCN(c2nc3cc(C(F)(F)F)ccc3c3conc23)CC1. The molecule has 0 saturated carbocycles. The average Bonchev–Trinajstić information content (AvgIpc) is 3.03. The van der Waals surface area contributed by atoms with Gasteiger partial charge >= 0.3 is 6.18 Å². The Bertz CT molecular complexity index is 897. The first kappa shape index (κ1) is 15.2. The molecule has 0 amide bonds. The van der Waals surface area contributed by atoms with E-state index in [1.807, 2.05) is 11.9 Å². The minimum atomic E-state index is -4.40. The third-order valence-electron chi connectivity index (χ3n) is 4.43. The smallest absolute Gasteiger partial charge is 0.363 e. The zero-order valence-corrected chi connectivity index (χ0v) is 13.0. The summed E-state index contributed by atoms with van der Waals surface area (Å²) in [6, 6.07) is 3.58. The number of likely N-dealkylation sites (N-methyl/N-ethyl adjacent to an activating group) is 1. The lowest BCUT2D eigenvalue weighted by Gasteiger charge is -2.33. The number of hydrogen-bond acceptors (Lipinski definition) is 5. The first-order valence-corrected chi connectivity index (χ1v) is 7.62. The van der Waals surface area contributed by atoms with Gasteiger partial charge in [-0.3, -0.25) is 0 Å². The number of halogens is 3. The number of piperazine rings is 1. The van der Waals surface area contributed by atoms with Gasteiger partial charge in [-0.05, 0) is 19.2 Å². The van der Waals surface area contributed by atoms with Gasteiger partial charge in [0.15, 0.2) is 11.3 Å². The maximum atomic E-state index is 13.0. The molecule has 1 aliphatic heterocycles. The van der Waals surface area contributed by atoms with Gasteiger partial charge < -0.3 is 14.3 Å². The summed E-state index contributed by atoms with van der Waals surface area (Å²) in [5.41, 5.74) is 0.184. The van der Waals surface area contributed by atoms with Crippen LogP contribution in [0.3, 0.4) is 0 Å². The molecule has 4 rings (SSSR count). The molecule has 0 radical (unpaired) electrons. The van der Waals surface area contributed by atoms with Crippen LogP contribution in [-0.4, -0.2) is 48.3 Å². The monoisotopic (exact) mass is 336 g/mol. The zero-order chi connectivity index (χ0) is 16.9. The summed E-state index contributed by atoms with van der Waals surface area (Å²) in [4.78, 5) is 8.72. The molecule has 0 aliphatic carbocycles. The molecule has 0 N–H and O–H groups in total. The Labute approximate surface area is 135 Å². The van der Waals surface area contributed by atoms with Crippen molar-refractivity contribution in [2.24, 2.45) is 0 Å². The number of pyridine rings is 1. The Hall–Kier alpha value is -2.35. The van der Waals surface area contributed by atoms with E-state index in [1.165, 1.54) is 12.3 Å². The summed E-state index contributed by atoms with van der Waals surface area (Å²) in [5, 5.41) is 5.31. The molecular formula is C16H15F3N4O. The standard InChI is InChI=1S/C16H15F3N4O/c1-22-4-6-23(7-5-22)15-14-12(9-24-21-14)11-3-2-10(16(17,18)19)8-13(11)20-15/h2-3,8-9H,4-7H2,1H3. The number of benzene rings is 1. The van der Waals surface area contributed by atoms with Gasteiger partial charge in [0.25, 0.3) is 0 Å². The molecule has 8 heteroatoms. The molecule has 1 aliphatic rings. The molecule has 5 nitrogen and oxygen atoms in total. The lowest BCUT2D eigenvalue weighted by Crippen LogP contribution is -2.44. The van der Waals surface area contributed by atoms with Crippen LogP contribution in [-0.2, 0) is 6.18 Å². The number of nitrogens with zero attached hydrogens (tertiary/aromatic N) is 4. The van der Waals surface area contributed by atoms with Gasteiger partial charge in [-0.2, -0.15) is 13.2 Å². The van der Waals surface area contributed by atoms with Crippen molar-refractivity contribution in [3.8, 4) is 0 Å². The molecule has 1 saturated heterocycles. The van der Waals surface area contributed by atoms with E-state index < -0.39 is 11.7 Å². The minimum absolute atomic E-state index is 0.300. The fraction of sp³-hybridized carbons (Fsp3) is 0.375. The van der Waals surface area contributed by atoms with Crippen molar-refractivity contribution < 1.29 is 17.7 Å². The Morgan fingerprint density at radius 2 is 1.83 bits per heavy atom. The summed E-state index contributed by atoms with van der Waals surface area (Å²) in [7, 11) is 2.03. The van der Waals surface area contributed by atoms with E-state index in [4.69, 9.17) is 4.52 Å². The van der Waals surface area contributed by atoms with Crippen molar-refractivity contribution >= 4 is 27.6 Å². The van der Waals surface area contributed by atoms with Crippen molar-refractivity contribution in [3.05, 3.63) is 30.0 Å². The third kappa shape index (κ3) is 2.47. The van der Waals surface area contributed by atoms with Crippen molar-refractivity contribution in [2.45, 2.75) is 6.18 Å². The van der Waals surface area contributed by atoms with E-state index >= 15 is 0 Å². The van der Waals surface area contributed by atoms with E-state index in [0.717, 1.165) is 38.3 Å². The second kappa shape index (κ2) is 5.34. The van der Waals surface area contributed by atoms with E-state index in [1.54, 1.807) is 0 Å². The normalized spacial score (nSPS) is 17.1. The van der Waals surface area contributed by atoms with Gasteiger partial charge in [-0.1, -0.05) is 11.2 Å². The summed E-state index contributed by atoms with van der Waals surface area (Å²) in [5.74, 6) is 0.582. The highest BCUT2D eigenvalue weighted by atomic mass is 19.4. The van der Waals surface area contributed by atoms with Crippen LogP contribution in [0.5, 0.6) is 0 Å². The summed E-state index contributed by atoms with van der Waals surface area (Å²) in [6.07, 6.45) is -2.93. The van der Waals surface area contributed by atoms with Crippen molar-refractivity contribution in [3.63, 3.8) is 0 Å². The van der Waals surface area contributed by atoms with E-state index in [2.05, 4.69) is 15.0 Å². The molecule has 2 aromatic heterocycles. The lowest BCUT2D eigenvalue weighted by molar-refractivity contribution is -0.137. The molecule has 126 valence electrons. The third-order valence-corrected chi connectivity index (χ3v) is 4.43. The molecule has 0 atom stereocenters. The highest BCUT2D eigenvalue weighted by Gasteiger charge is 2.31. The fourth-order valence-electron chi connectivity index (χ4n) is 3.02. The summed E-state index contributed by atoms with van der Waals surface area (Å²) >= 11 is 0. The highest BCUT2D eigenvalue weighted by Crippen LogP contribution is 2.35. The van der Waals surface area contributed by atoms with Gasteiger partial charge in [0, 0.05) is 31.6 Å². The molecule has 3 heterocycles. The maximum absolute atomic E-state index is 13.0. The number of rotatable bonds is 1. The van der Waals surface area contributed by atoms with E-state index in [-0.39, 0.29) is 0 Å². The summed E-state index contributed by atoms with van der Waals surface area (Å²) < 4.78 is 44.1. The number of anilines is 1. The van der Waals surface area contributed by atoms with Gasteiger partial charge in [-0.25, -0.2) is 4.98 Å². The van der Waals surface area contributed by atoms with Crippen LogP contribution in [0.4, 0.5) is 19.0 Å². The van der Waals surface area contributed by atoms with Crippen LogP contribution in [0.1, 0.15) is 5.56 Å². The molecule has 24 heavy (non-hydrogen) atoms. The first-order valence-electron chi connectivity index (χ1n) is 7.62. The molecule has 1 fully saturated rings. The van der Waals surface area contributed by atoms with Gasteiger partial charge in [-0.15, -0.1) is 0 Å². The zero-order valence-electron chi connectivity index (χ0n) is 13.0. The quantitative estimate of drug-likeness (QED) is 0.683. The van der Waals surface area contributed by atoms with Crippen molar-refractivity contribution in [2.75, 3.05) is 38.1 Å². The number of aromatic nitrogens is 2. The Morgan fingerprint density at radius 1 is 1.08 bits per heavy atom. The van der Waals surface area contributed by atoms with Gasteiger partial charge in [0.2, 0.25) is 0 Å². The number of alkyl halides is 3.